The number of hydrogen-bond acceptors (Lipinski definition) is 4. The second-order valence-corrected chi connectivity index (χ2v) is 10.8. The molecule has 0 aromatic heterocycles. The minimum atomic E-state index is -0.373. The number of rotatable bonds is 16. The van der Waals surface area contributed by atoms with E-state index >= 15 is 0 Å². The zero-order valence-electron chi connectivity index (χ0n) is 20.8. The summed E-state index contributed by atoms with van der Waals surface area (Å²) in [5.41, 5.74) is -0.747. The summed E-state index contributed by atoms with van der Waals surface area (Å²) in [5.74, 6) is -0.0723. The molecule has 0 radical (unpaired) electrons. The van der Waals surface area contributed by atoms with E-state index in [4.69, 9.17) is 4.74 Å². The molecule has 0 saturated carbocycles. The zero-order chi connectivity index (χ0) is 22.5. The van der Waals surface area contributed by atoms with Gasteiger partial charge in [-0.3, -0.25) is 4.79 Å². The number of piperidine rings is 1. The van der Waals surface area contributed by atoms with E-state index in [1.807, 2.05) is 27.7 Å². The average Bonchev–Trinajstić information content (AvgIpc) is 2.66. The predicted molar refractivity (Wildman–Crippen MR) is 126 cm³/mol. The molecule has 1 aliphatic heterocycles. The number of hydrogen-bond donors (Lipinski definition) is 1. The lowest BCUT2D eigenvalue weighted by atomic mass is 9.80. The topological polar surface area (TPSA) is 49.8 Å². The molecular formula is C26H51NO3. The summed E-state index contributed by atoms with van der Waals surface area (Å²) in [6, 6.07) is 0. The van der Waals surface area contributed by atoms with Gasteiger partial charge in [-0.1, -0.05) is 90.4 Å². The van der Waals surface area contributed by atoms with Gasteiger partial charge in [-0.05, 0) is 34.1 Å². The largest absolute Gasteiger partial charge is 0.462 e. The van der Waals surface area contributed by atoms with Crippen LogP contribution in [0.3, 0.4) is 0 Å². The third-order valence-electron chi connectivity index (χ3n) is 6.63. The number of ether oxygens (including phenoxy) is 1. The molecule has 1 rings (SSSR count). The van der Waals surface area contributed by atoms with Crippen LogP contribution in [0.25, 0.3) is 0 Å². The van der Waals surface area contributed by atoms with Crippen LogP contribution in [0.2, 0.25) is 0 Å². The van der Waals surface area contributed by atoms with Crippen molar-refractivity contribution in [1.29, 1.82) is 0 Å². The summed E-state index contributed by atoms with van der Waals surface area (Å²) in [6.07, 6.45) is 20.3. The molecule has 0 spiro atoms. The Balaban J connectivity index is 1.98. The Bertz CT molecular complexity index is 443. The maximum Gasteiger partial charge on any atom is 0.306 e. The Morgan fingerprint density at radius 3 is 1.53 bits per heavy atom. The first-order valence-corrected chi connectivity index (χ1v) is 12.9. The van der Waals surface area contributed by atoms with E-state index in [1.54, 1.807) is 0 Å². The van der Waals surface area contributed by atoms with Crippen LogP contribution in [0.4, 0.5) is 0 Å². The second-order valence-electron chi connectivity index (χ2n) is 10.8. The molecule has 0 amide bonds. The number of hydroxylamine groups is 2. The van der Waals surface area contributed by atoms with E-state index in [2.05, 4.69) is 6.92 Å². The Morgan fingerprint density at radius 1 is 0.767 bits per heavy atom. The molecule has 0 bridgehead atoms. The number of carbonyl (C=O) groups excluding carboxylic acids is 1. The van der Waals surface area contributed by atoms with Gasteiger partial charge < -0.3 is 9.94 Å². The van der Waals surface area contributed by atoms with E-state index in [1.165, 1.54) is 82.1 Å². The normalized spacial score (nSPS) is 19.1. The minimum absolute atomic E-state index is 0.0723. The summed E-state index contributed by atoms with van der Waals surface area (Å²) in [5, 5.41) is 11.8. The highest BCUT2D eigenvalue weighted by Gasteiger charge is 2.46. The van der Waals surface area contributed by atoms with Crippen LogP contribution in [-0.2, 0) is 9.53 Å². The number of esters is 1. The van der Waals surface area contributed by atoms with Gasteiger partial charge in [0.1, 0.15) is 6.10 Å². The quantitative estimate of drug-likeness (QED) is 0.202. The number of unbranched alkanes of at least 4 members (excludes halogenated alkanes) is 13. The molecule has 0 aliphatic carbocycles. The third-order valence-corrected chi connectivity index (χ3v) is 6.63. The SMILES string of the molecule is CCCCCCCCCCCCCCCCC(=O)OC1CC(C)(C)N(O)C(C)(C)C1. The smallest absolute Gasteiger partial charge is 0.306 e. The fourth-order valence-corrected chi connectivity index (χ4v) is 4.97. The Labute approximate surface area is 187 Å². The number of nitrogens with zero attached hydrogens (tertiary/aromatic N) is 1. The molecule has 0 aromatic carbocycles. The van der Waals surface area contributed by atoms with E-state index < -0.39 is 0 Å². The third kappa shape index (κ3) is 11.1. The van der Waals surface area contributed by atoms with Gasteiger partial charge in [-0.25, -0.2) is 0 Å². The first kappa shape index (κ1) is 27.4. The first-order valence-electron chi connectivity index (χ1n) is 12.9. The highest BCUT2D eigenvalue weighted by Crippen LogP contribution is 2.38. The molecule has 0 aromatic rings. The molecular weight excluding hydrogens is 374 g/mol. The van der Waals surface area contributed by atoms with Crippen molar-refractivity contribution in [2.45, 2.75) is 161 Å². The predicted octanol–water partition coefficient (Wildman–Crippen LogP) is 7.81. The summed E-state index contributed by atoms with van der Waals surface area (Å²) in [4.78, 5) is 12.2. The molecule has 1 heterocycles. The van der Waals surface area contributed by atoms with Crippen molar-refractivity contribution in [2.75, 3.05) is 0 Å². The van der Waals surface area contributed by atoms with Crippen molar-refractivity contribution in [1.82, 2.24) is 5.06 Å². The van der Waals surface area contributed by atoms with E-state index in [-0.39, 0.29) is 23.2 Å². The van der Waals surface area contributed by atoms with Crippen molar-refractivity contribution in [3.63, 3.8) is 0 Å². The fraction of sp³-hybridized carbons (Fsp3) is 0.962. The highest BCUT2D eigenvalue weighted by atomic mass is 16.5. The molecule has 0 unspecified atom stereocenters. The number of carbonyl (C=O) groups is 1. The summed E-state index contributed by atoms with van der Waals surface area (Å²) < 4.78 is 5.75. The fourth-order valence-electron chi connectivity index (χ4n) is 4.97. The summed E-state index contributed by atoms with van der Waals surface area (Å²) >= 11 is 0. The Morgan fingerprint density at radius 2 is 1.13 bits per heavy atom. The molecule has 4 nitrogen and oxygen atoms in total. The highest BCUT2D eigenvalue weighted by molar-refractivity contribution is 5.69. The molecule has 178 valence electrons. The van der Waals surface area contributed by atoms with Crippen molar-refractivity contribution in [3.8, 4) is 0 Å². The molecule has 1 saturated heterocycles. The van der Waals surface area contributed by atoms with Crippen molar-refractivity contribution < 1.29 is 14.7 Å². The van der Waals surface area contributed by atoms with Gasteiger partial charge in [-0.2, -0.15) is 5.06 Å². The van der Waals surface area contributed by atoms with Gasteiger partial charge in [0.15, 0.2) is 0 Å². The minimum Gasteiger partial charge on any atom is -0.462 e. The average molecular weight is 426 g/mol. The molecule has 4 heteroatoms. The molecule has 1 aliphatic rings. The van der Waals surface area contributed by atoms with Crippen molar-refractivity contribution in [3.05, 3.63) is 0 Å². The van der Waals surface area contributed by atoms with Gasteiger partial charge in [0.2, 0.25) is 0 Å². The van der Waals surface area contributed by atoms with E-state index in [0.717, 1.165) is 12.8 Å². The Hall–Kier alpha value is -0.610. The van der Waals surface area contributed by atoms with Crippen molar-refractivity contribution >= 4 is 5.97 Å². The van der Waals surface area contributed by atoms with Crippen LogP contribution in [0.15, 0.2) is 0 Å². The van der Waals surface area contributed by atoms with Gasteiger partial charge >= 0.3 is 5.97 Å². The van der Waals surface area contributed by atoms with E-state index in [9.17, 15) is 10.0 Å². The van der Waals surface area contributed by atoms with Gasteiger partial charge in [0.25, 0.3) is 0 Å². The standard InChI is InChI=1S/C26H51NO3/c1-6-7-8-9-10-11-12-13-14-15-16-17-18-19-20-24(28)30-23-21-25(2,3)27(29)26(4,5)22-23/h23,29H,6-22H2,1-5H3. The van der Waals surface area contributed by atoms with Crippen LogP contribution < -0.4 is 0 Å². The van der Waals surface area contributed by atoms with Crippen LogP contribution in [0, 0.1) is 0 Å². The molecule has 1 fully saturated rings. The monoisotopic (exact) mass is 425 g/mol. The van der Waals surface area contributed by atoms with E-state index in [0.29, 0.717) is 19.3 Å². The van der Waals surface area contributed by atoms with Crippen LogP contribution in [-0.4, -0.2) is 33.4 Å². The first-order chi connectivity index (χ1) is 14.2. The van der Waals surface area contributed by atoms with Gasteiger partial charge in [-0.15, -0.1) is 0 Å². The van der Waals surface area contributed by atoms with Crippen LogP contribution >= 0.6 is 0 Å². The zero-order valence-corrected chi connectivity index (χ0v) is 20.8. The maximum atomic E-state index is 12.2. The lowest BCUT2D eigenvalue weighted by Gasteiger charge is -2.50. The van der Waals surface area contributed by atoms with Gasteiger partial charge in [0.05, 0.1) is 0 Å². The van der Waals surface area contributed by atoms with Crippen LogP contribution in [0.1, 0.15) is 144 Å². The maximum absolute atomic E-state index is 12.2. The second kappa shape index (κ2) is 14.5. The van der Waals surface area contributed by atoms with Gasteiger partial charge in [0, 0.05) is 30.3 Å². The van der Waals surface area contributed by atoms with Crippen LogP contribution in [0.5, 0.6) is 0 Å². The Kier molecular flexibility index (Phi) is 13.2. The molecule has 30 heavy (non-hydrogen) atoms. The summed E-state index contributed by atoms with van der Waals surface area (Å²) in [6.45, 7) is 10.3. The molecule has 1 N–H and O–H groups in total. The molecule has 0 atom stereocenters. The lowest BCUT2D eigenvalue weighted by Crippen LogP contribution is -2.60. The summed E-state index contributed by atoms with van der Waals surface area (Å²) in [7, 11) is 0. The van der Waals surface area contributed by atoms with Crippen molar-refractivity contribution in [2.24, 2.45) is 0 Å². The lowest BCUT2D eigenvalue weighted by molar-refractivity contribution is -0.259.